The van der Waals surface area contributed by atoms with Crippen LogP contribution in [0.5, 0.6) is 0 Å². The number of rotatable bonds is 5. The van der Waals surface area contributed by atoms with E-state index in [-0.39, 0.29) is 24.7 Å². The summed E-state index contributed by atoms with van der Waals surface area (Å²) in [4.78, 5) is 25.0. The molecule has 6 heteroatoms. The van der Waals surface area contributed by atoms with Crippen molar-refractivity contribution in [2.45, 2.75) is 32.1 Å². The molecule has 23 heavy (non-hydrogen) atoms. The van der Waals surface area contributed by atoms with Crippen molar-refractivity contribution in [3.05, 3.63) is 30.0 Å². The summed E-state index contributed by atoms with van der Waals surface area (Å²) in [5, 5.41) is 13.7. The van der Waals surface area contributed by atoms with Crippen LogP contribution in [0.1, 0.15) is 31.4 Å². The Balaban J connectivity index is 1.62. The van der Waals surface area contributed by atoms with Gasteiger partial charge in [0.1, 0.15) is 5.69 Å². The molecule has 1 N–H and O–H groups in total. The number of nitrogens with zero attached hydrogens (tertiary/aromatic N) is 2. The molecule has 6 nitrogen and oxygen atoms in total. The molecule has 1 amide bonds. The fourth-order valence-electron chi connectivity index (χ4n) is 3.18. The van der Waals surface area contributed by atoms with E-state index >= 15 is 0 Å². The van der Waals surface area contributed by atoms with Crippen LogP contribution < -0.4 is 0 Å². The molecule has 0 saturated carbocycles. The minimum Gasteiger partial charge on any atom is -0.481 e. The van der Waals surface area contributed by atoms with E-state index in [0.717, 1.165) is 24.8 Å². The van der Waals surface area contributed by atoms with Crippen molar-refractivity contribution in [3.63, 3.8) is 0 Å². The lowest BCUT2D eigenvalue weighted by Crippen LogP contribution is -2.40. The number of aromatic nitrogens is 1. The number of hydrogen-bond donors (Lipinski definition) is 1. The lowest BCUT2D eigenvalue weighted by molar-refractivity contribution is -0.137. The second-order valence-corrected chi connectivity index (χ2v) is 6.08. The smallest absolute Gasteiger partial charge is 0.303 e. The molecular weight excluding hydrogens is 296 g/mol. The van der Waals surface area contributed by atoms with Gasteiger partial charge in [0.15, 0.2) is 5.58 Å². The van der Waals surface area contributed by atoms with Gasteiger partial charge in [0.2, 0.25) is 5.91 Å². The standard InChI is InChI=1S/C17H20N2O4/c20-16(10-14-13-5-1-2-6-15(13)23-18-14)19-9-3-4-12(11-19)7-8-17(21)22/h1-2,5-6,12H,3-4,7-11H2,(H,21,22). The van der Waals surface area contributed by atoms with Crippen LogP contribution in [0.2, 0.25) is 0 Å². The van der Waals surface area contributed by atoms with Gasteiger partial charge >= 0.3 is 5.97 Å². The van der Waals surface area contributed by atoms with Crippen molar-refractivity contribution in [1.29, 1.82) is 0 Å². The minimum atomic E-state index is -0.775. The maximum Gasteiger partial charge on any atom is 0.303 e. The first kappa shape index (κ1) is 15.5. The van der Waals surface area contributed by atoms with E-state index in [1.165, 1.54) is 0 Å². The molecule has 1 aliphatic rings. The van der Waals surface area contributed by atoms with Crippen LogP contribution in [-0.4, -0.2) is 40.1 Å². The largest absolute Gasteiger partial charge is 0.481 e. The van der Waals surface area contributed by atoms with Crippen molar-refractivity contribution in [2.75, 3.05) is 13.1 Å². The summed E-state index contributed by atoms with van der Waals surface area (Å²) in [6.45, 7) is 1.38. The number of amides is 1. The fraction of sp³-hybridized carbons (Fsp3) is 0.471. The van der Waals surface area contributed by atoms with Crippen molar-refractivity contribution in [1.82, 2.24) is 10.1 Å². The highest BCUT2D eigenvalue weighted by atomic mass is 16.5. The van der Waals surface area contributed by atoms with E-state index in [1.807, 2.05) is 29.2 Å². The van der Waals surface area contributed by atoms with Crippen LogP contribution >= 0.6 is 0 Å². The van der Waals surface area contributed by atoms with E-state index in [0.29, 0.717) is 24.2 Å². The highest BCUT2D eigenvalue weighted by Gasteiger charge is 2.25. The Labute approximate surface area is 134 Å². The fourth-order valence-corrected chi connectivity index (χ4v) is 3.18. The van der Waals surface area contributed by atoms with Crippen LogP contribution in [0.3, 0.4) is 0 Å². The van der Waals surface area contributed by atoms with E-state index < -0.39 is 5.97 Å². The Bertz CT molecular complexity index is 709. The number of fused-ring (bicyclic) bond motifs is 1. The highest BCUT2D eigenvalue weighted by Crippen LogP contribution is 2.23. The zero-order valence-corrected chi connectivity index (χ0v) is 12.9. The lowest BCUT2D eigenvalue weighted by atomic mass is 9.93. The molecule has 1 fully saturated rings. The minimum absolute atomic E-state index is 0.0316. The Hall–Kier alpha value is -2.37. The van der Waals surface area contributed by atoms with E-state index in [1.54, 1.807) is 0 Å². The molecule has 1 aromatic heterocycles. The van der Waals surface area contributed by atoms with Gasteiger partial charge in [-0.05, 0) is 37.3 Å². The first-order valence-electron chi connectivity index (χ1n) is 7.96. The summed E-state index contributed by atoms with van der Waals surface area (Å²) in [5.74, 6) is -0.468. The summed E-state index contributed by atoms with van der Waals surface area (Å²) >= 11 is 0. The van der Waals surface area contributed by atoms with Gasteiger partial charge in [-0.1, -0.05) is 17.3 Å². The molecule has 2 heterocycles. The maximum absolute atomic E-state index is 12.5. The third-order valence-electron chi connectivity index (χ3n) is 4.41. The average molecular weight is 316 g/mol. The second kappa shape index (κ2) is 6.81. The first-order chi connectivity index (χ1) is 11.1. The molecule has 1 aromatic carbocycles. The third kappa shape index (κ3) is 3.70. The Kier molecular flexibility index (Phi) is 4.60. The summed E-state index contributed by atoms with van der Waals surface area (Å²) in [6, 6.07) is 7.51. The zero-order valence-electron chi connectivity index (χ0n) is 12.9. The van der Waals surface area contributed by atoms with Crippen LogP contribution in [0.25, 0.3) is 11.0 Å². The molecule has 0 bridgehead atoms. The molecule has 1 saturated heterocycles. The third-order valence-corrected chi connectivity index (χ3v) is 4.41. The van der Waals surface area contributed by atoms with E-state index in [9.17, 15) is 9.59 Å². The normalized spacial score (nSPS) is 18.3. The van der Waals surface area contributed by atoms with Gasteiger partial charge in [-0.2, -0.15) is 0 Å². The number of likely N-dealkylation sites (tertiary alicyclic amines) is 1. The number of carboxylic acids is 1. The number of carboxylic acid groups (broad SMARTS) is 1. The maximum atomic E-state index is 12.5. The average Bonchev–Trinajstić information content (AvgIpc) is 2.96. The molecule has 0 spiro atoms. The van der Waals surface area contributed by atoms with Crippen molar-refractivity contribution < 1.29 is 19.2 Å². The van der Waals surface area contributed by atoms with Crippen molar-refractivity contribution in [2.24, 2.45) is 5.92 Å². The molecule has 0 radical (unpaired) electrons. The van der Waals surface area contributed by atoms with Crippen LogP contribution in [0.15, 0.2) is 28.8 Å². The number of carbonyl (C=O) groups excluding carboxylic acids is 1. The molecule has 2 aromatic rings. The Morgan fingerprint density at radius 2 is 2.17 bits per heavy atom. The molecule has 1 unspecified atom stereocenters. The monoisotopic (exact) mass is 316 g/mol. The Morgan fingerprint density at radius 3 is 3.00 bits per heavy atom. The zero-order chi connectivity index (χ0) is 16.2. The Morgan fingerprint density at radius 1 is 1.35 bits per heavy atom. The molecule has 1 aliphatic heterocycles. The van der Waals surface area contributed by atoms with Gasteiger partial charge in [0.05, 0.1) is 6.42 Å². The second-order valence-electron chi connectivity index (χ2n) is 6.08. The number of piperidine rings is 1. The SMILES string of the molecule is O=C(O)CCC1CCCN(C(=O)Cc2noc3ccccc23)C1. The lowest BCUT2D eigenvalue weighted by Gasteiger charge is -2.32. The predicted octanol–water partition coefficient (Wildman–Crippen LogP) is 2.47. The summed E-state index contributed by atoms with van der Waals surface area (Å²) in [6.07, 6.45) is 2.94. The summed E-state index contributed by atoms with van der Waals surface area (Å²) in [5.41, 5.74) is 1.35. The quantitative estimate of drug-likeness (QED) is 0.916. The number of carbonyl (C=O) groups is 2. The number of hydrogen-bond acceptors (Lipinski definition) is 4. The number of para-hydroxylation sites is 1. The van der Waals surface area contributed by atoms with Gasteiger partial charge in [-0.25, -0.2) is 0 Å². The first-order valence-corrected chi connectivity index (χ1v) is 7.96. The molecular formula is C17H20N2O4. The topological polar surface area (TPSA) is 83.6 Å². The highest BCUT2D eigenvalue weighted by molar-refractivity contribution is 5.86. The van der Waals surface area contributed by atoms with Gasteiger partial charge in [0.25, 0.3) is 0 Å². The molecule has 3 rings (SSSR count). The predicted molar refractivity (Wildman–Crippen MR) is 83.9 cm³/mol. The summed E-state index contributed by atoms with van der Waals surface area (Å²) in [7, 11) is 0. The molecule has 122 valence electrons. The number of aliphatic carboxylic acids is 1. The van der Waals surface area contributed by atoms with Crippen LogP contribution in [0, 0.1) is 5.92 Å². The van der Waals surface area contributed by atoms with Crippen LogP contribution in [-0.2, 0) is 16.0 Å². The van der Waals surface area contributed by atoms with E-state index in [2.05, 4.69) is 5.16 Å². The molecule has 0 aliphatic carbocycles. The van der Waals surface area contributed by atoms with Gasteiger partial charge in [-0.3, -0.25) is 9.59 Å². The summed E-state index contributed by atoms with van der Waals surface area (Å²) < 4.78 is 5.24. The van der Waals surface area contributed by atoms with Crippen molar-refractivity contribution in [3.8, 4) is 0 Å². The van der Waals surface area contributed by atoms with Gasteiger partial charge < -0.3 is 14.5 Å². The number of benzene rings is 1. The van der Waals surface area contributed by atoms with Crippen molar-refractivity contribution >= 4 is 22.8 Å². The van der Waals surface area contributed by atoms with Gasteiger partial charge in [0, 0.05) is 24.9 Å². The van der Waals surface area contributed by atoms with Gasteiger partial charge in [-0.15, -0.1) is 0 Å². The molecule has 1 atom stereocenters. The van der Waals surface area contributed by atoms with E-state index in [4.69, 9.17) is 9.63 Å². The van der Waals surface area contributed by atoms with Crippen LogP contribution in [0.4, 0.5) is 0 Å².